The molecule has 30 heavy (non-hydrogen) atoms. The van der Waals surface area contributed by atoms with E-state index in [1.807, 2.05) is 56.0 Å². The smallest absolute Gasteiger partial charge is 0.325 e. The third-order valence-electron chi connectivity index (χ3n) is 4.59. The second-order valence-electron chi connectivity index (χ2n) is 6.84. The molecule has 0 atom stereocenters. The summed E-state index contributed by atoms with van der Waals surface area (Å²) in [6, 6.07) is 27.1. The Labute approximate surface area is 200 Å². The van der Waals surface area contributed by atoms with E-state index in [1.165, 1.54) is 11.1 Å². The third kappa shape index (κ3) is 7.45. The first-order chi connectivity index (χ1) is 13.7. The van der Waals surface area contributed by atoms with Gasteiger partial charge in [0.25, 0.3) is 0 Å². The number of nitrogens with zero attached hydrogens (tertiary/aromatic N) is 3. The molecule has 1 aromatic heterocycles. The maximum absolute atomic E-state index is 3.81. The number of aromatic amines is 1. The molecule has 6 heteroatoms. The summed E-state index contributed by atoms with van der Waals surface area (Å²) in [5, 5.41) is 13.5. The van der Waals surface area contributed by atoms with Gasteiger partial charge in [-0.3, -0.25) is 0 Å². The van der Waals surface area contributed by atoms with Crippen molar-refractivity contribution >= 4 is 0 Å². The maximum atomic E-state index is 3.81. The van der Waals surface area contributed by atoms with Gasteiger partial charge in [0.05, 0.1) is 0 Å². The fourth-order valence-corrected chi connectivity index (χ4v) is 2.88. The number of nitrogens with one attached hydrogen (secondary N) is 1. The summed E-state index contributed by atoms with van der Waals surface area (Å²) in [5.74, 6) is 1.64. The minimum Gasteiger partial charge on any atom is -0.325 e. The molecule has 0 aliphatic heterocycles. The molecule has 0 bridgehead atoms. The SMILES string of the molecule is CC(C)(c1cc[cH-]c1)c1ccc[cH-]1.[CH]1[CH][C](c2nn[nH]n2)[CH][CH-]1.[Fe+2].[Fe+2].c1cc[cH-]c1. The van der Waals surface area contributed by atoms with Gasteiger partial charge in [-0.2, -0.15) is 77.7 Å². The van der Waals surface area contributed by atoms with Crippen molar-refractivity contribution in [1.29, 1.82) is 0 Å². The molecule has 0 saturated heterocycles. The number of rotatable bonds is 3. The van der Waals surface area contributed by atoms with Crippen LogP contribution in [-0.4, -0.2) is 20.6 Å². The van der Waals surface area contributed by atoms with Gasteiger partial charge in [0, 0.05) is 5.92 Å². The predicted octanol–water partition coefficient (Wildman–Crippen LogP) is 4.80. The van der Waals surface area contributed by atoms with Crippen LogP contribution in [0.3, 0.4) is 0 Å². The molecule has 1 N–H and O–H groups in total. The molecule has 4 aromatic rings. The van der Waals surface area contributed by atoms with Crippen molar-refractivity contribution in [2.75, 3.05) is 0 Å². The Hall–Kier alpha value is -1.84. The van der Waals surface area contributed by atoms with Gasteiger partial charge in [-0.1, -0.05) is 30.9 Å². The second-order valence-corrected chi connectivity index (χ2v) is 6.84. The van der Waals surface area contributed by atoms with Gasteiger partial charge in [-0.05, 0) is 0 Å². The Balaban J connectivity index is 0.000000236. The summed E-state index contributed by atoms with van der Waals surface area (Å²) in [5.41, 5.74) is 2.92. The van der Waals surface area contributed by atoms with E-state index in [1.54, 1.807) is 0 Å². The van der Waals surface area contributed by atoms with Gasteiger partial charge < -0.3 is 6.42 Å². The molecule has 0 amide bonds. The van der Waals surface area contributed by atoms with Gasteiger partial charge in [0.1, 0.15) is 0 Å². The van der Waals surface area contributed by atoms with Crippen molar-refractivity contribution in [3.05, 3.63) is 127 Å². The van der Waals surface area contributed by atoms with Gasteiger partial charge in [0.15, 0.2) is 5.82 Å². The molecular weight excluding hydrogens is 456 g/mol. The summed E-state index contributed by atoms with van der Waals surface area (Å²) in [7, 11) is 0. The van der Waals surface area contributed by atoms with E-state index in [0.717, 1.165) is 5.92 Å². The van der Waals surface area contributed by atoms with E-state index < -0.39 is 0 Å². The summed E-state index contributed by atoms with van der Waals surface area (Å²) in [4.78, 5) is 0. The molecule has 1 aliphatic rings. The van der Waals surface area contributed by atoms with Gasteiger partial charge >= 0.3 is 34.1 Å². The molecule has 0 unspecified atom stereocenters. The first-order valence-electron chi connectivity index (χ1n) is 9.24. The van der Waals surface area contributed by atoms with Crippen LogP contribution >= 0.6 is 0 Å². The second kappa shape index (κ2) is 13.5. The number of hydrogen-bond acceptors (Lipinski definition) is 3. The van der Waals surface area contributed by atoms with Crippen LogP contribution < -0.4 is 0 Å². The van der Waals surface area contributed by atoms with Crippen LogP contribution in [0.15, 0.2) is 78.9 Å². The Morgan fingerprint density at radius 3 is 2.20 bits per heavy atom. The van der Waals surface area contributed by atoms with E-state index in [-0.39, 0.29) is 39.6 Å². The molecule has 0 spiro atoms. The molecule has 4 radical (unpaired) electrons. The monoisotopic (exact) mass is 480 g/mol. The molecule has 1 heterocycles. The number of H-pyrrole nitrogens is 1. The minimum atomic E-state index is 0. The Kier molecular flexibility index (Phi) is 11.8. The van der Waals surface area contributed by atoms with Gasteiger partial charge in [0.2, 0.25) is 0 Å². The van der Waals surface area contributed by atoms with Crippen LogP contribution in [-0.2, 0) is 39.6 Å². The Bertz CT molecular complexity index is 789. The molecule has 1 fully saturated rings. The van der Waals surface area contributed by atoms with E-state index in [4.69, 9.17) is 0 Å². The van der Waals surface area contributed by atoms with Crippen LogP contribution in [0.1, 0.15) is 30.8 Å². The average molecular weight is 480 g/mol. The minimum absolute atomic E-state index is 0. The van der Waals surface area contributed by atoms with Crippen LogP contribution in [0.2, 0.25) is 0 Å². The topological polar surface area (TPSA) is 54.5 Å². The molecular formula is C24H24Fe2N4. The Morgan fingerprint density at radius 2 is 1.73 bits per heavy atom. The molecule has 1 aliphatic carbocycles. The van der Waals surface area contributed by atoms with Gasteiger partial charge in [-0.15, -0.1) is 10.2 Å². The molecule has 5 rings (SSSR count). The fraction of sp³-hybridized carbons (Fsp3) is 0.125. The number of tetrazole rings is 1. The molecule has 1 saturated carbocycles. The third-order valence-corrected chi connectivity index (χ3v) is 4.59. The first kappa shape index (κ1) is 26.2. The largest absolute Gasteiger partial charge is 2.00 e. The van der Waals surface area contributed by atoms with Crippen molar-refractivity contribution < 1.29 is 34.1 Å². The van der Waals surface area contributed by atoms with Gasteiger partial charge in [-0.25, -0.2) is 30.3 Å². The predicted molar refractivity (Wildman–Crippen MR) is 112 cm³/mol. The summed E-state index contributed by atoms with van der Waals surface area (Å²) in [6.07, 6.45) is 7.74. The van der Waals surface area contributed by atoms with E-state index in [0.29, 0.717) is 5.82 Å². The van der Waals surface area contributed by atoms with Crippen molar-refractivity contribution in [3.8, 4) is 0 Å². The zero-order valence-corrected chi connectivity index (χ0v) is 19.1. The van der Waals surface area contributed by atoms with Crippen molar-refractivity contribution in [1.82, 2.24) is 20.6 Å². The zero-order valence-electron chi connectivity index (χ0n) is 16.9. The summed E-state index contributed by atoms with van der Waals surface area (Å²) < 4.78 is 0. The van der Waals surface area contributed by atoms with E-state index >= 15 is 0 Å². The number of aromatic nitrogens is 4. The maximum Gasteiger partial charge on any atom is 2.00 e. The fourth-order valence-electron chi connectivity index (χ4n) is 2.88. The summed E-state index contributed by atoms with van der Waals surface area (Å²) >= 11 is 0. The van der Waals surface area contributed by atoms with Crippen molar-refractivity contribution in [2.24, 2.45) is 0 Å². The summed E-state index contributed by atoms with van der Waals surface area (Å²) in [6.45, 7) is 4.52. The molecule has 156 valence electrons. The van der Waals surface area contributed by atoms with E-state index in [9.17, 15) is 0 Å². The molecule has 4 nitrogen and oxygen atoms in total. The quantitative estimate of drug-likeness (QED) is 0.339. The first-order valence-corrected chi connectivity index (χ1v) is 9.24. The van der Waals surface area contributed by atoms with Crippen LogP contribution in [0.25, 0.3) is 0 Å². The number of hydrogen-bond donors (Lipinski definition) is 1. The van der Waals surface area contributed by atoms with Crippen LogP contribution in [0, 0.1) is 31.6 Å². The van der Waals surface area contributed by atoms with Crippen LogP contribution in [0.5, 0.6) is 0 Å². The average Bonchev–Trinajstić information content (AvgIpc) is 3.56. The standard InChI is InChI=1S/C13H14.C6H5N4.C5H5.2Fe/c1-13(2,11-7-3-4-8-11)12-9-5-6-10-12;1-2-4-5(3-1)6-7-9-10-8-6;1-2-4-5-3-1;;/h3-10H,1-2H3;1-4H,(H,7,8,9,10);1-5H;;/q-2;2*-1;2*+2. The molecule has 3 aromatic carbocycles. The Morgan fingerprint density at radius 1 is 0.933 bits per heavy atom. The normalized spacial score (nSPS) is 13.1. The zero-order chi connectivity index (χ0) is 19.7. The van der Waals surface area contributed by atoms with Crippen molar-refractivity contribution in [2.45, 2.75) is 19.3 Å². The van der Waals surface area contributed by atoms with Crippen LogP contribution in [0.4, 0.5) is 0 Å². The van der Waals surface area contributed by atoms with E-state index in [2.05, 4.69) is 83.0 Å². The van der Waals surface area contributed by atoms with Crippen molar-refractivity contribution in [3.63, 3.8) is 0 Å².